The molecule has 38 heavy (non-hydrogen) atoms. The maximum Gasteiger partial charge on any atom is 0.165 e. The highest BCUT2D eigenvalue weighted by Crippen LogP contribution is 2.30. The predicted octanol–water partition coefficient (Wildman–Crippen LogP) is 10.1. The summed E-state index contributed by atoms with van der Waals surface area (Å²) in [5.74, 6) is 3.16. The molecule has 0 heterocycles. The Balaban J connectivity index is 5.64. The third kappa shape index (κ3) is 16.2. The van der Waals surface area contributed by atoms with E-state index in [-0.39, 0.29) is 30.0 Å². The van der Waals surface area contributed by atoms with E-state index < -0.39 is 0 Å². The van der Waals surface area contributed by atoms with Crippen molar-refractivity contribution < 1.29 is 19.0 Å². The second kappa shape index (κ2) is 21.1. The van der Waals surface area contributed by atoms with E-state index in [0.717, 1.165) is 37.9 Å². The van der Waals surface area contributed by atoms with E-state index in [2.05, 4.69) is 46.4 Å². The second-order valence-electron chi connectivity index (χ2n) is 11.5. The van der Waals surface area contributed by atoms with Gasteiger partial charge in [0.05, 0.1) is 35.9 Å². The lowest BCUT2D eigenvalue weighted by atomic mass is 9.86. The fraction of sp³-hybridized carbons (Fsp3) is 0.735. The van der Waals surface area contributed by atoms with Crippen molar-refractivity contribution in [2.24, 2.45) is 17.8 Å². The molecule has 4 heteroatoms. The van der Waals surface area contributed by atoms with Crippen LogP contribution in [0.1, 0.15) is 127 Å². The number of rotatable bonds is 22. The van der Waals surface area contributed by atoms with Gasteiger partial charge in [-0.05, 0) is 91.1 Å². The molecule has 4 nitrogen and oxygen atoms in total. The summed E-state index contributed by atoms with van der Waals surface area (Å²) in [5.41, 5.74) is 0.700. The summed E-state index contributed by atoms with van der Waals surface area (Å²) in [6.45, 7) is 24.8. The number of ketones is 1. The number of Topliss-reactive ketones (excluding diaryl/α,β-unsaturated/α-hetero) is 1. The smallest absolute Gasteiger partial charge is 0.165 e. The molecular formula is C34H60O4. The van der Waals surface area contributed by atoms with Gasteiger partial charge in [-0.2, -0.15) is 0 Å². The van der Waals surface area contributed by atoms with E-state index in [9.17, 15) is 4.79 Å². The monoisotopic (exact) mass is 532 g/mol. The summed E-state index contributed by atoms with van der Waals surface area (Å²) in [5, 5.41) is 0. The fourth-order valence-electron chi connectivity index (χ4n) is 4.76. The van der Waals surface area contributed by atoms with Gasteiger partial charge in [0.15, 0.2) is 5.78 Å². The minimum atomic E-state index is -0.284. The van der Waals surface area contributed by atoms with Crippen LogP contribution in [0, 0.1) is 17.8 Å². The molecule has 0 radical (unpaired) electrons. The molecule has 0 aliphatic heterocycles. The SMILES string of the molecule is C=CO/C(CC)=C(\C(=O)CC(C)CC/C(=C\C)OC(C)C)C(CC(C)CCC(C)CC/C=C\C)OC(C)C. The summed E-state index contributed by atoms with van der Waals surface area (Å²) in [6, 6.07) is 0. The molecule has 0 amide bonds. The van der Waals surface area contributed by atoms with Crippen LogP contribution in [-0.2, 0) is 19.0 Å². The van der Waals surface area contributed by atoms with Crippen molar-refractivity contribution in [1.29, 1.82) is 0 Å². The molecule has 0 saturated carbocycles. The van der Waals surface area contributed by atoms with Gasteiger partial charge in [-0.15, -0.1) is 0 Å². The molecule has 0 aromatic rings. The van der Waals surface area contributed by atoms with Crippen LogP contribution in [0.3, 0.4) is 0 Å². The Hall–Kier alpha value is -1.81. The van der Waals surface area contributed by atoms with Crippen molar-refractivity contribution in [2.45, 2.75) is 145 Å². The van der Waals surface area contributed by atoms with Crippen molar-refractivity contribution in [3.8, 4) is 0 Å². The summed E-state index contributed by atoms with van der Waals surface area (Å²) < 4.78 is 18.1. The van der Waals surface area contributed by atoms with Crippen LogP contribution in [0.5, 0.6) is 0 Å². The molecule has 4 atom stereocenters. The Bertz CT molecular complexity index is 744. The first-order valence-electron chi connectivity index (χ1n) is 15.1. The highest BCUT2D eigenvalue weighted by molar-refractivity contribution is 5.97. The predicted molar refractivity (Wildman–Crippen MR) is 163 cm³/mol. The molecule has 0 rings (SSSR count). The Labute approximate surface area is 236 Å². The molecule has 0 spiro atoms. The molecule has 0 N–H and O–H groups in total. The lowest BCUT2D eigenvalue weighted by Gasteiger charge is -2.28. The van der Waals surface area contributed by atoms with Crippen LogP contribution in [-0.4, -0.2) is 24.1 Å². The first-order chi connectivity index (χ1) is 18.0. The summed E-state index contributed by atoms with van der Waals surface area (Å²) >= 11 is 0. The molecule has 0 aliphatic carbocycles. The Kier molecular flexibility index (Phi) is 20.1. The van der Waals surface area contributed by atoms with Gasteiger partial charge < -0.3 is 14.2 Å². The van der Waals surface area contributed by atoms with E-state index in [1.807, 2.05) is 47.6 Å². The van der Waals surface area contributed by atoms with Gasteiger partial charge in [0.1, 0.15) is 5.76 Å². The molecular weight excluding hydrogens is 472 g/mol. The van der Waals surface area contributed by atoms with Gasteiger partial charge in [-0.25, -0.2) is 0 Å². The van der Waals surface area contributed by atoms with Crippen molar-refractivity contribution in [3.63, 3.8) is 0 Å². The third-order valence-electron chi connectivity index (χ3n) is 6.86. The average Bonchev–Trinajstić information content (AvgIpc) is 2.84. The molecule has 0 aromatic carbocycles. The minimum Gasteiger partial charge on any atom is -0.496 e. The molecule has 0 aliphatic rings. The topological polar surface area (TPSA) is 44.8 Å². The van der Waals surface area contributed by atoms with Gasteiger partial charge >= 0.3 is 0 Å². The molecule has 4 unspecified atom stereocenters. The average molecular weight is 533 g/mol. The zero-order valence-corrected chi connectivity index (χ0v) is 26.5. The van der Waals surface area contributed by atoms with E-state index >= 15 is 0 Å². The van der Waals surface area contributed by atoms with Crippen molar-refractivity contribution in [3.05, 3.63) is 48.2 Å². The van der Waals surface area contributed by atoms with Gasteiger partial charge in [0.2, 0.25) is 0 Å². The summed E-state index contributed by atoms with van der Waals surface area (Å²) in [4.78, 5) is 13.8. The third-order valence-corrected chi connectivity index (χ3v) is 6.86. The zero-order chi connectivity index (χ0) is 29.1. The van der Waals surface area contributed by atoms with Gasteiger partial charge in [0.25, 0.3) is 0 Å². The normalized spacial score (nSPS) is 16.4. The minimum absolute atomic E-state index is 0.0134. The van der Waals surface area contributed by atoms with Gasteiger partial charge in [-0.1, -0.05) is 59.3 Å². The largest absolute Gasteiger partial charge is 0.496 e. The standard InChI is InChI=1S/C34H60O4/c1-12-16-17-18-27(9)19-20-29(11)24-33(38-26(7)8)34(32(14-3)36-15-4)31(35)23-28(10)21-22-30(13-2)37-25(5)6/h12-13,15-16,25-29,33H,4,14,17-24H2,1-3,5-11H3/b16-12-,30-13+,34-32+. The number of carbonyl (C=O) groups excluding carboxylic acids is 1. The van der Waals surface area contributed by atoms with Gasteiger partial charge in [-0.3, -0.25) is 4.79 Å². The van der Waals surface area contributed by atoms with Gasteiger partial charge in [0, 0.05) is 19.3 Å². The van der Waals surface area contributed by atoms with Crippen molar-refractivity contribution in [1.82, 2.24) is 0 Å². The van der Waals surface area contributed by atoms with Crippen LogP contribution < -0.4 is 0 Å². The Morgan fingerprint density at radius 3 is 2.05 bits per heavy atom. The van der Waals surface area contributed by atoms with Crippen molar-refractivity contribution >= 4 is 5.78 Å². The number of allylic oxidation sites excluding steroid dienone is 5. The highest BCUT2D eigenvalue weighted by Gasteiger charge is 2.29. The number of hydrogen-bond acceptors (Lipinski definition) is 4. The molecule has 0 fully saturated rings. The first-order valence-corrected chi connectivity index (χ1v) is 15.1. The van der Waals surface area contributed by atoms with Crippen LogP contribution in [0.25, 0.3) is 0 Å². The highest BCUT2D eigenvalue weighted by atomic mass is 16.5. The Morgan fingerprint density at radius 2 is 1.53 bits per heavy atom. The molecule has 220 valence electrons. The van der Waals surface area contributed by atoms with Crippen LogP contribution >= 0.6 is 0 Å². The second-order valence-corrected chi connectivity index (χ2v) is 11.5. The van der Waals surface area contributed by atoms with Crippen molar-refractivity contribution in [2.75, 3.05) is 0 Å². The molecule has 0 saturated heterocycles. The number of ether oxygens (including phenoxy) is 3. The van der Waals surface area contributed by atoms with E-state index in [1.54, 1.807) is 0 Å². The Morgan fingerprint density at radius 1 is 0.868 bits per heavy atom. The molecule has 0 bridgehead atoms. The van der Waals surface area contributed by atoms with Crippen LogP contribution in [0.4, 0.5) is 0 Å². The first kappa shape index (κ1) is 36.2. The number of hydrogen-bond donors (Lipinski definition) is 0. The van der Waals surface area contributed by atoms with Crippen LogP contribution in [0.15, 0.2) is 48.2 Å². The van der Waals surface area contributed by atoms with E-state index in [1.165, 1.54) is 19.1 Å². The maximum atomic E-state index is 13.8. The molecule has 0 aromatic heterocycles. The quantitative estimate of drug-likeness (QED) is 0.0790. The lowest BCUT2D eigenvalue weighted by Crippen LogP contribution is -2.29. The fourth-order valence-corrected chi connectivity index (χ4v) is 4.76. The van der Waals surface area contributed by atoms with Crippen LogP contribution in [0.2, 0.25) is 0 Å². The lowest BCUT2D eigenvalue weighted by molar-refractivity contribution is -0.118. The summed E-state index contributed by atoms with van der Waals surface area (Å²) in [7, 11) is 0. The maximum absolute atomic E-state index is 13.8. The zero-order valence-electron chi connectivity index (χ0n) is 26.5. The van der Waals surface area contributed by atoms with E-state index in [4.69, 9.17) is 14.2 Å². The number of carbonyl (C=O) groups is 1. The van der Waals surface area contributed by atoms with E-state index in [0.29, 0.717) is 36.0 Å². The summed E-state index contributed by atoms with van der Waals surface area (Å²) in [6.07, 6.45) is 16.0.